The number of carbonyl (C=O) groups is 2. The van der Waals surface area contributed by atoms with Crippen molar-refractivity contribution >= 4 is 11.8 Å². The third-order valence-corrected chi connectivity index (χ3v) is 3.03. The van der Waals surface area contributed by atoms with Crippen LogP contribution in [0.3, 0.4) is 0 Å². The van der Waals surface area contributed by atoms with Crippen molar-refractivity contribution in [2.45, 2.75) is 25.1 Å². The number of nitrogens with two attached hydrogens (primary N) is 1. The van der Waals surface area contributed by atoms with Crippen LogP contribution < -0.4 is 16.5 Å². The second-order valence-corrected chi connectivity index (χ2v) is 5.08. The lowest BCUT2D eigenvalue weighted by molar-refractivity contribution is -0.131. The molecule has 1 aromatic carbocycles. The van der Waals surface area contributed by atoms with Gasteiger partial charge in [-0.25, -0.2) is 5.48 Å². The van der Waals surface area contributed by atoms with E-state index in [0.717, 1.165) is 0 Å². The van der Waals surface area contributed by atoms with E-state index in [9.17, 15) is 9.59 Å². The highest BCUT2D eigenvalue weighted by Gasteiger charge is 2.24. The number of carbonyl (C=O) groups excluding carboxylic acids is 2. The molecule has 8 heteroatoms. The zero-order valence-electron chi connectivity index (χ0n) is 13.5. The fourth-order valence-electron chi connectivity index (χ4n) is 1.70. The molecule has 0 aromatic heterocycles. The quantitative estimate of drug-likeness (QED) is 0.214. The van der Waals surface area contributed by atoms with Gasteiger partial charge in [-0.05, 0) is 43.0 Å². The Labute approximate surface area is 145 Å². The van der Waals surface area contributed by atoms with Gasteiger partial charge in [0.2, 0.25) is 0 Å². The van der Waals surface area contributed by atoms with Gasteiger partial charge >= 0.3 is 0 Å². The van der Waals surface area contributed by atoms with Crippen molar-refractivity contribution in [1.29, 1.82) is 0 Å². The van der Waals surface area contributed by atoms with E-state index in [-0.39, 0.29) is 5.56 Å². The normalized spacial score (nSPS) is 13.2. The van der Waals surface area contributed by atoms with Crippen molar-refractivity contribution in [3.05, 3.63) is 35.4 Å². The topological polar surface area (TPSA) is 145 Å². The Kier molecular flexibility index (Phi) is 8.13. The maximum atomic E-state index is 12.1. The van der Waals surface area contributed by atoms with Crippen LogP contribution in [0.5, 0.6) is 0 Å². The molecule has 0 fully saturated rings. The fraction of sp³-hybridized carbons (Fsp3) is 0.294. The zero-order chi connectivity index (χ0) is 18.8. The Hall–Kier alpha value is -2.88. The highest BCUT2D eigenvalue weighted by molar-refractivity contribution is 5.97. The van der Waals surface area contributed by atoms with E-state index in [2.05, 4.69) is 29.0 Å². The number of nitrogens with one attached hydrogen (secondary N) is 2. The van der Waals surface area contributed by atoms with Gasteiger partial charge in [-0.2, -0.15) is 0 Å². The van der Waals surface area contributed by atoms with Gasteiger partial charge in [0.05, 0.1) is 6.61 Å². The maximum absolute atomic E-state index is 12.1. The Morgan fingerprint density at radius 1 is 1.24 bits per heavy atom. The summed E-state index contributed by atoms with van der Waals surface area (Å²) in [6, 6.07) is 4.40. The van der Waals surface area contributed by atoms with Crippen LogP contribution in [0.2, 0.25) is 0 Å². The lowest BCUT2D eigenvalue weighted by Gasteiger charge is -2.19. The van der Waals surface area contributed by atoms with Gasteiger partial charge in [-0.15, -0.1) is 0 Å². The lowest BCUT2D eigenvalue weighted by Crippen LogP contribution is -2.54. The van der Waals surface area contributed by atoms with Crippen molar-refractivity contribution in [3.8, 4) is 23.7 Å². The van der Waals surface area contributed by atoms with Crippen LogP contribution in [0.15, 0.2) is 24.3 Å². The van der Waals surface area contributed by atoms with E-state index in [1.54, 1.807) is 12.1 Å². The molecule has 2 amide bonds. The molecule has 0 saturated heterocycles. The highest BCUT2D eigenvalue weighted by Crippen LogP contribution is 2.04. The van der Waals surface area contributed by atoms with Crippen molar-refractivity contribution in [2.75, 3.05) is 6.61 Å². The predicted molar refractivity (Wildman–Crippen MR) is 89.0 cm³/mol. The molecule has 0 spiro atoms. The largest absolute Gasteiger partial charge is 0.393 e. The standard InChI is InChI=1S/C17H19N3O5/c1-11(18)15(17(24)20-25)19-16(23)13-8-6-12(7-9-13)4-2-3-5-14(22)10-21/h6-9,11,14-15,21-22,25H,10,18H2,1H3,(H,19,23)(H,20,24)/t11?,14?,15-/m0/s1. The van der Waals surface area contributed by atoms with Crippen molar-refractivity contribution in [1.82, 2.24) is 10.8 Å². The second-order valence-electron chi connectivity index (χ2n) is 5.08. The van der Waals surface area contributed by atoms with Gasteiger partial charge in [0.1, 0.15) is 12.1 Å². The van der Waals surface area contributed by atoms with E-state index in [0.29, 0.717) is 5.56 Å². The molecule has 0 aliphatic carbocycles. The molecule has 132 valence electrons. The number of aliphatic hydroxyl groups is 2. The average Bonchev–Trinajstić information content (AvgIpc) is 2.62. The monoisotopic (exact) mass is 345 g/mol. The minimum atomic E-state index is -1.13. The fourth-order valence-corrected chi connectivity index (χ4v) is 1.70. The van der Waals surface area contributed by atoms with Crippen molar-refractivity contribution in [2.24, 2.45) is 5.73 Å². The van der Waals surface area contributed by atoms with E-state index < -0.39 is 36.6 Å². The molecule has 0 saturated carbocycles. The molecule has 0 heterocycles. The molecule has 1 aromatic rings. The van der Waals surface area contributed by atoms with Crippen LogP contribution >= 0.6 is 0 Å². The van der Waals surface area contributed by atoms with E-state index in [1.165, 1.54) is 24.5 Å². The van der Waals surface area contributed by atoms with Gasteiger partial charge < -0.3 is 21.3 Å². The highest BCUT2D eigenvalue weighted by atomic mass is 16.5. The third kappa shape index (κ3) is 6.63. The van der Waals surface area contributed by atoms with Gasteiger partial charge in [-0.1, -0.05) is 11.8 Å². The third-order valence-electron chi connectivity index (χ3n) is 3.03. The number of benzene rings is 1. The maximum Gasteiger partial charge on any atom is 0.267 e. The predicted octanol–water partition coefficient (Wildman–Crippen LogP) is -1.65. The van der Waals surface area contributed by atoms with Gasteiger partial charge in [0, 0.05) is 17.2 Å². The molecule has 0 radical (unpaired) electrons. The second kappa shape index (κ2) is 10.1. The molecule has 3 atom stereocenters. The molecule has 7 N–H and O–H groups in total. The zero-order valence-corrected chi connectivity index (χ0v) is 13.5. The van der Waals surface area contributed by atoms with Crippen molar-refractivity contribution in [3.63, 3.8) is 0 Å². The summed E-state index contributed by atoms with van der Waals surface area (Å²) < 4.78 is 0. The summed E-state index contributed by atoms with van der Waals surface area (Å²) in [5, 5.41) is 28.7. The Morgan fingerprint density at radius 2 is 1.88 bits per heavy atom. The average molecular weight is 345 g/mol. The Bertz CT molecular complexity index is 723. The molecule has 25 heavy (non-hydrogen) atoms. The van der Waals surface area contributed by atoms with Gasteiger partial charge in [-0.3, -0.25) is 14.8 Å². The van der Waals surface area contributed by atoms with E-state index in [1.807, 2.05) is 0 Å². The number of hydroxylamine groups is 1. The SMILES string of the molecule is CC(N)[C@H](NC(=O)c1ccc(C#CC#CC(O)CO)cc1)C(=O)NO. The summed E-state index contributed by atoms with van der Waals surface area (Å²) >= 11 is 0. The minimum absolute atomic E-state index is 0.281. The lowest BCUT2D eigenvalue weighted by atomic mass is 10.1. The molecule has 1 rings (SSSR count). The van der Waals surface area contributed by atoms with Crippen LogP contribution in [-0.2, 0) is 4.79 Å². The number of hydrogen-bond acceptors (Lipinski definition) is 6. The number of rotatable bonds is 5. The molecular weight excluding hydrogens is 326 g/mol. The first-order chi connectivity index (χ1) is 11.9. The van der Waals surface area contributed by atoms with E-state index >= 15 is 0 Å². The van der Waals surface area contributed by atoms with Crippen LogP contribution in [0.1, 0.15) is 22.8 Å². The smallest absolute Gasteiger partial charge is 0.267 e. The van der Waals surface area contributed by atoms with Crippen LogP contribution in [0, 0.1) is 23.7 Å². The molecule has 0 bridgehead atoms. The van der Waals surface area contributed by atoms with Crippen LogP contribution in [0.25, 0.3) is 0 Å². The summed E-state index contributed by atoms with van der Waals surface area (Å²) in [6.07, 6.45) is -1.13. The van der Waals surface area contributed by atoms with Crippen LogP contribution in [-0.4, -0.2) is 52.0 Å². The summed E-state index contributed by atoms with van der Waals surface area (Å²) in [5.74, 6) is 8.60. The van der Waals surface area contributed by atoms with Gasteiger partial charge in [0.15, 0.2) is 0 Å². The first-order valence-corrected chi connectivity index (χ1v) is 7.30. The van der Waals surface area contributed by atoms with E-state index in [4.69, 9.17) is 21.2 Å². The molecular formula is C17H19N3O5. The number of aliphatic hydroxyl groups excluding tert-OH is 2. The first kappa shape index (κ1) is 20.2. The first-order valence-electron chi connectivity index (χ1n) is 7.30. The molecule has 2 unspecified atom stereocenters. The van der Waals surface area contributed by atoms with Crippen molar-refractivity contribution < 1.29 is 25.0 Å². The summed E-state index contributed by atoms with van der Waals surface area (Å²) in [7, 11) is 0. The summed E-state index contributed by atoms with van der Waals surface area (Å²) in [6.45, 7) is 1.06. The Morgan fingerprint density at radius 3 is 2.40 bits per heavy atom. The minimum Gasteiger partial charge on any atom is -0.393 e. The Balaban J connectivity index is 2.78. The summed E-state index contributed by atoms with van der Waals surface area (Å²) in [4.78, 5) is 23.6. The van der Waals surface area contributed by atoms with Crippen LogP contribution in [0.4, 0.5) is 0 Å². The molecule has 0 aliphatic rings. The molecule has 8 nitrogen and oxygen atoms in total. The van der Waals surface area contributed by atoms with Gasteiger partial charge in [0.25, 0.3) is 11.8 Å². The number of amides is 2. The summed E-state index contributed by atoms with van der Waals surface area (Å²) in [5.41, 5.74) is 7.93. The molecule has 0 aliphatic heterocycles. The number of hydrogen-bond donors (Lipinski definition) is 6.